The van der Waals surface area contributed by atoms with Crippen molar-refractivity contribution in [2.75, 3.05) is 0 Å². The van der Waals surface area contributed by atoms with Crippen molar-refractivity contribution >= 4 is 11.6 Å². The Balaban J connectivity index is 1.56. The Labute approximate surface area is 238 Å². The molecule has 0 aromatic heterocycles. The Morgan fingerprint density at radius 2 is 1.68 bits per heavy atom. The maximum atomic E-state index is 13.8. The number of rotatable bonds is 4. The number of carbonyl (C=O) groups is 2. The number of hydrogen-bond acceptors (Lipinski definition) is 2. The van der Waals surface area contributed by atoms with Gasteiger partial charge in [-0.2, -0.15) is 13.2 Å². The van der Waals surface area contributed by atoms with Gasteiger partial charge in [0, 0.05) is 17.3 Å². The molecule has 0 N–H and O–H groups in total. The molecule has 4 saturated carbocycles. The van der Waals surface area contributed by atoms with Crippen LogP contribution in [0.2, 0.25) is 0 Å². The predicted molar refractivity (Wildman–Crippen MR) is 150 cm³/mol. The van der Waals surface area contributed by atoms with Crippen molar-refractivity contribution in [3.8, 4) is 0 Å². The van der Waals surface area contributed by atoms with Crippen molar-refractivity contribution in [2.24, 2.45) is 56.7 Å². The number of fused-ring (bicyclic) bond motifs is 7. The lowest BCUT2D eigenvalue weighted by molar-refractivity contribution is -0.218. The first-order chi connectivity index (χ1) is 18.4. The zero-order chi connectivity index (χ0) is 29.7. The molecule has 5 aliphatic carbocycles. The van der Waals surface area contributed by atoms with Crippen LogP contribution in [0.25, 0.3) is 4.85 Å². The van der Waals surface area contributed by atoms with Crippen molar-refractivity contribution in [1.29, 1.82) is 0 Å². The fourth-order valence-electron chi connectivity index (χ4n) is 11.7. The monoisotopic (exact) mass is 557 g/mol. The minimum Gasteiger partial charge on any atom is -0.307 e. The molecule has 0 aromatic rings. The Morgan fingerprint density at radius 3 is 2.27 bits per heavy atom. The van der Waals surface area contributed by atoms with E-state index in [1.807, 2.05) is 26.8 Å². The van der Waals surface area contributed by atoms with Crippen molar-refractivity contribution in [3.63, 3.8) is 0 Å². The molecular weight excluding hydrogens is 511 g/mol. The average Bonchev–Trinajstić information content (AvgIpc) is 3.26. The summed E-state index contributed by atoms with van der Waals surface area (Å²) < 4.78 is 39.6. The van der Waals surface area contributed by atoms with Crippen LogP contribution in [-0.2, 0) is 9.59 Å². The fourth-order valence-corrected chi connectivity index (χ4v) is 11.7. The molecule has 0 heterocycles. The number of Topliss-reactive ketones (excluding diaryl/α,β-unsaturated/α-hetero) is 2. The number of hydrogen-bond donors (Lipinski definition) is 0. The number of nitrogens with zero attached hydrogens (tertiary/aromatic N) is 1. The van der Waals surface area contributed by atoms with Crippen molar-refractivity contribution < 1.29 is 22.8 Å². The first kappa shape index (κ1) is 29.6. The minimum absolute atomic E-state index is 0.0338. The topological polar surface area (TPSA) is 38.5 Å². The molecule has 0 saturated heterocycles. The number of alkyl halides is 3. The Hall–Kier alpha value is -1.90. The molecule has 6 heteroatoms. The highest BCUT2D eigenvalue weighted by Crippen LogP contribution is 2.77. The van der Waals surface area contributed by atoms with Gasteiger partial charge in [0.05, 0.1) is 13.0 Å². The normalized spacial score (nSPS) is 45.8. The van der Waals surface area contributed by atoms with E-state index in [0.29, 0.717) is 18.8 Å². The van der Waals surface area contributed by atoms with Gasteiger partial charge in [0.15, 0.2) is 5.78 Å². The van der Waals surface area contributed by atoms with Crippen LogP contribution in [0.1, 0.15) is 106 Å². The van der Waals surface area contributed by atoms with Crippen LogP contribution in [-0.4, -0.2) is 17.7 Å². The summed E-state index contributed by atoms with van der Waals surface area (Å²) in [6, 6.07) is 0. The highest BCUT2D eigenvalue weighted by Gasteiger charge is 2.71. The van der Waals surface area contributed by atoms with E-state index in [9.17, 15) is 22.8 Å². The largest absolute Gasteiger partial charge is 0.389 e. The lowest BCUT2D eigenvalue weighted by Gasteiger charge is -2.71. The second-order valence-corrected chi connectivity index (χ2v) is 15.4. The number of halogens is 3. The van der Waals surface area contributed by atoms with Gasteiger partial charge in [-0.05, 0) is 104 Å². The lowest BCUT2D eigenvalue weighted by Crippen LogP contribution is -2.66. The quantitative estimate of drug-likeness (QED) is 0.255. The summed E-state index contributed by atoms with van der Waals surface area (Å²) in [4.78, 5) is 30.7. The Morgan fingerprint density at radius 1 is 1.00 bits per heavy atom. The summed E-state index contributed by atoms with van der Waals surface area (Å²) in [6.45, 7) is 25.2. The van der Waals surface area contributed by atoms with E-state index < -0.39 is 29.8 Å². The summed E-state index contributed by atoms with van der Waals surface area (Å²) in [6.07, 6.45) is 3.00. The molecule has 5 aliphatic rings. The molecule has 0 amide bonds. The van der Waals surface area contributed by atoms with Crippen LogP contribution in [0.3, 0.4) is 0 Å². The van der Waals surface area contributed by atoms with E-state index in [4.69, 9.17) is 6.57 Å². The molecule has 40 heavy (non-hydrogen) atoms. The van der Waals surface area contributed by atoms with Crippen LogP contribution in [0.5, 0.6) is 0 Å². The molecule has 0 bridgehead atoms. The van der Waals surface area contributed by atoms with E-state index in [0.717, 1.165) is 44.1 Å². The summed E-state index contributed by atoms with van der Waals surface area (Å²) in [5.41, 5.74) is -0.372. The zero-order valence-electron chi connectivity index (χ0n) is 25.1. The molecule has 9 atom stereocenters. The van der Waals surface area contributed by atoms with Gasteiger partial charge in [-0.25, -0.2) is 4.85 Å². The molecule has 0 aromatic carbocycles. The van der Waals surface area contributed by atoms with Crippen LogP contribution >= 0.6 is 0 Å². The molecule has 3 nitrogen and oxygen atoms in total. The van der Waals surface area contributed by atoms with Crippen molar-refractivity contribution in [2.45, 2.75) is 112 Å². The maximum Gasteiger partial charge on any atom is 0.389 e. The van der Waals surface area contributed by atoms with E-state index in [1.165, 1.54) is 0 Å². The molecule has 5 rings (SSSR count). The molecule has 220 valence electrons. The summed E-state index contributed by atoms with van der Waals surface area (Å²) >= 11 is 0. The zero-order valence-corrected chi connectivity index (χ0v) is 25.1. The van der Waals surface area contributed by atoms with Gasteiger partial charge < -0.3 is 4.79 Å². The minimum atomic E-state index is -4.33. The molecule has 0 aliphatic heterocycles. The van der Waals surface area contributed by atoms with Gasteiger partial charge in [-0.15, -0.1) is 0 Å². The van der Waals surface area contributed by atoms with Crippen LogP contribution in [0.4, 0.5) is 13.2 Å². The van der Waals surface area contributed by atoms with Gasteiger partial charge >= 0.3 is 6.18 Å². The third kappa shape index (κ3) is 3.81. The third-order valence-electron chi connectivity index (χ3n) is 13.7. The van der Waals surface area contributed by atoms with Crippen molar-refractivity contribution in [3.05, 3.63) is 35.3 Å². The molecule has 0 spiro atoms. The van der Waals surface area contributed by atoms with Crippen LogP contribution in [0.15, 0.2) is 23.9 Å². The molecular formula is C34H46F3NO2. The first-order valence-corrected chi connectivity index (χ1v) is 15.3. The summed E-state index contributed by atoms with van der Waals surface area (Å²) in [5.74, 6) is 0.672. The van der Waals surface area contributed by atoms with Crippen LogP contribution in [0, 0.1) is 63.2 Å². The average molecular weight is 558 g/mol. The summed E-state index contributed by atoms with van der Waals surface area (Å²) in [7, 11) is 0. The molecule has 0 unspecified atom stereocenters. The second kappa shape index (κ2) is 9.05. The van der Waals surface area contributed by atoms with Crippen LogP contribution < -0.4 is 0 Å². The lowest BCUT2D eigenvalue weighted by atomic mass is 9.32. The van der Waals surface area contributed by atoms with Gasteiger partial charge in [-0.1, -0.05) is 52.8 Å². The third-order valence-corrected chi connectivity index (χ3v) is 13.7. The number of ketones is 2. The van der Waals surface area contributed by atoms with Gasteiger partial charge in [0.2, 0.25) is 5.70 Å². The number of allylic oxidation sites excluding steroid dienone is 3. The Kier molecular flexibility index (Phi) is 6.69. The highest BCUT2D eigenvalue weighted by molar-refractivity contribution is 6.02. The predicted octanol–water partition coefficient (Wildman–Crippen LogP) is 9.15. The highest BCUT2D eigenvalue weighted by atomic mass is 19.4. The smallest absolute Gasteiger partial charge is 0.307 e. The van der Waals surface area contributed by atoms with Gasteiger partial charge in [-0.3, -0.25) is 4.79 Å². The maximum absolute atomic E-state index is 13.8. The van der Waals surface area contributed by atoms with Gasteiger partial charge in [0.1, 0.15) is 5.78 Å². The van der Waals surface area contributed by atoms with Gasteiger partial charge in [0.25, 0.3) is 0 Å². The van der Waals surface area contributed by atoms with E-state index in [2.05, 4.69) is 32.2 Å². The van der Waals surface area contributed by atoms with Crippen molar-refractivity contribution in [1.82, 2.24) is 0 Å². The molecule has 0 radical (unpaired) electrons. The first-order valence-electron chi connectivity index (χ1n) is 15.3. The standard InChI is InChI=1S/C34H46F3NO2/c1-20(2)21-11-15-33(26(39)13-16-34(35,36)37)18-17-31(6)22(27(21)33)9-10-25-30(5)19-23(38-8)28(40)29(3,4)24(30)12-14-32(25,31)7/h19,21-22,24-25,27H,1,9-18H2,2-7H3/t21-,22+,24-,25+,27+,30-,31+,32+,33+/m0/s1. The second-order valence-electron chi connectivity index (χ2n) is 15.4. The summed E-state index contributed by atoms with van der Waals surface area (Å²) in [5, 5.41) is 0. The fraction of sp³-hybridized carbons (Fsp3) is 0.794. The number of carbonyl (C=O) groups excluding carboxylic acids is 2. The SMILES string of the molecule is [C-]#[N+]C1=C[C@]2(C)[C@H]3CC[C@@H]4[C@H]5[C@H](C(=C)C)CC[C@]5(C(=O)CCC(F)(F)F)CC[C@@]4(C)[C@]3(C)CC[C@H]2C(C)(C)C1=O. The van der Waals surface area contributed by atoms with E-state index >= 15 is 0 Å². The van der Waals surface area contributed by atoms with E-state index in [-0.39, 0.29) is 57.2 Å². The Bertz CT molecular complexity index is 1210. The molecule has 4 fully saturated rings. The van der Waals surface area contributed by atoms with E-state index in [1.54, 1.807) is 0 Å².